The SMILES string of the molecule is CC1(C)CCC[C@](C)([C@H]2CC[C@]3(C)[C@@H]2[C@H](O)C[C@@H]2[C@@]4(C)CCC(=O)C(C)(C)[C@@H]4C(=O)C[C@]23C)O1. The van der Waals surface area contributed by atoms with E-state index in [9.17, 15) is 14.7 Å². The number of carbonyl (C=O) groups is 2. The van der Waals surface area contributed by atoms with Gasteiger partial charge in [-0.25, -0.2) is 0 Å². The Bertz CT molecular complexity index is 905. The van der Waals surface area contributed by atoms with Crippen molar-refractivity contribution >= 4 is 11.6 Å². The van der Waals surface area contributed by atoms with E-state index >= 15 is 0 Å². The average Bonchev–Trinajstić information content (AvgIpc) is 3.07. The van der Waals surface area contributed by atoms with Crippen molar-refractivity contribution in [3.8, 4) is 0 Å². The van der Waals surface area contributed by atoms with Crippen LogP contribution in [-0.2, 0) is 14.3 Å². The van der Waals surface area contributed by atoms with E-state index in [1.165, 1.54) is 6.42 Å². The van der Waals surface area contributed by atoms with Crippen molar-refractivity contribution in [3.63, 3.8) is 0 Å². The van der Waals surface area contributed by atoms with Gasteiger partial charge >= 0.3 is 0 Å². The van der Waals surface area contributed by atoms with Gasteiger partial charge in [0, 0.05) is 24.2 Å². The summed E-state index contributed by atoms with van der Waals surface area (Å²) >= 11 is 0. The van der Waals surface area contributed by atoms with Crippen LogP contribution < -0.4 is 0 Å². The third-order valence-electron chi connectivity index (χ3n) is 12.5. The fraction of sp³-hybridized carbons (Fsp3) is 0.933. The number of hydrogen-bond donors (Lipinski definition) is 1. The third kappa shape index (κ3) is 3.03. The van der Waals surface area contributed by atoms with Gasteiger partial charge in [-0.3, -0.25) is 9.59 Å². The van der Waals surface area contributed by atoms with E-state index in [1.807, 2.05) is 13.8 Å². The van der Waals surface area contributed by atoms with Crippen LogP contribution in [0.25, 0.3) is 0 Å². The van der Waals surface area contributed by atoms with Gasteiger partial charge in [0.25, 0.3) is 0 Å². The first kappa shape index (κ1) is 24.9. The molecule has 1 heterocycles. The van der Waals surface area contributed by atoms with Gasteiger partial charge in [0.2, 0.25) is 0 Å². The van der Waals surface area contributed by atoms with Crippen LogP contribution in [0.2, 0.25) is 0 Å². The van der Waals surface area contributed by atoms with Gasteiger partial charge in [-0.15, -0.1) is 0 Å². The Kier molecular flexibility index (Phi) is 5.27. The fourth-order valence-electron chi connectivity index (χ4n) is 11.0. The highest BCUT2D eigenvalue weighted by molar-refractivity contribution is 5.95. The Morgan fingerprint density at radius 3 is 2.21 bits per heavy atom. The topological polar surface area (TPSA) is 63.6 Å². The quantitative estimate of drug-likeness (QED) is 0.499. The van der Waals surface area contributed by atoms with E-state index < -0.39 is 5.41 Å². The Morgan fingerprint density at radius 1 is 0.882 bits per heavy atom. The van der Waals surface area contributed by atoms with Crippen LogP contribution in [0.4, 0.5) is 0 Å². The highest BCUT2D eigenvalue weighted by Gasteiger charge is 2.73. The molecule has 5 fully saturated rings. The van der Waals surface area contributed by atoms with Gasteiger partial charge < -0.3 is 9.84 Å². The van der Waals surface area contributed by atoms with E-state index in [0.29, 0.717) is 24.5 Å². The Hall–Kier alpha value is -0.740. The summed E-state index contributed by atoms with van der Waals surface area (Å²) < 4.78 is 6.81. The lowest BCUT2D eigenvalue weighted by molar-refractivity contribution is -0.242. The average molecular weight is 473 g/mol. The fourth-order valence-corrected chi connectivity index (χ4v) is 11.0. The molecule has 9 atom stereocenters. The molecule has 0 aromatic heterocycles. The molecule has 192 valence electrons. The molecule has 0 aromatic carbocycles. The summed E-state index contributed by atoms with van der Waals surface area (Å²) in [5.41, 5.74) is -1.46. The molecule has 0 spiro atoms. The van der Waals surface area contributed by atoms with E-state index in [0.717, 1.165) is 38.5 Å². The van der Waals surface area contributed by atoms with Gasteiger partial charge in [-0.2, -0.15) is 0 Å². The zero-order valence-corrected chi connectivity index (χ0v) is 22.9. The maximum Gasteiger partial charge on any atom is 0.139 e. The van der Waals surface area contributed by atoms with Crippen LogP contribution in [0.3, 0.4) is 0 Å². The minimum absolute atomic E-state index is 0.108. The van der Waals surface area contributed by atoms with Crippen LogP contribution in [0.5, 0.6) is 0 Å². The molecule has 0 bridgehead atoms. The molecule has 1 aliphatic heterocycles. The normalized spacial score (nSPS) is 54.2. The second-order valence-corrected chi connectivity index (χ2v) is 15.1. The van der Waals surface area contributed by atoms with E-state index in [2.05, 4.69) is 41.5 Å². The van der Waals surface area contributed by atoms with Crippen LogP contribution in [0.1, 0.15) is 113 Å². The van der Waals surface area contributed by atoms with Gasteiger partial charge in [0.1, 0.15) is 11.6 Å². The van der Waals surface area contributed by atoms with Crippen molar-refractivity contribution in [2.75, 3.05) is 0 Å². The van der Waals surface area contributed by atoms with Crippen molar-refractivity contribution in [3.05, 3.63) is 0 Å². The number of aliphatic hydroxyl groups is 1. The van der Waals surface area contributed by atoms with Gasteiger partial charge in [-0.1, -0.05) is 34.6 Å². The summed E-state index contributed by atoms with van der Waals surface area (Å²) in [4.78, 5) is 26.9. The van der Waals surface area contributed by atoms with Gasteiger partial charge in [0.05, 0.1) is 17.3 Å². The zero-order valence-electron chi connectivity index (χ0n) is 22.9. The summed E-state index contributed by atoms with van der Waals surface area (Å²) in [7, 11) is 0. The highest BCUT2D eigenvalue weighted by atomic mass is 16.5. The predicted molar refractivity (Wildman–Crippen MR) is 133 cm³/mol. The van der Waals surface area contributed by atoms with Crippen molar-refractivity contribution in [1.82, 2.24) is 0 Å². The monoisotopic (exact) mass is 472 g/mol. The number of rotatable bonds is 1. The number of ketones is 2. The van der Waals surface area contributed by atoms with E-state index in [4.69, 9.17) is 4.74 Å². The molecule has 4 aliphatic carbocycles. The maximum absolute atomic E-state index is 14.0. The molecule has 1 saturated heterocycles. The van der Waals surface area contributed by atoms with Gasteiger partial charge in [-0.05, 0) is 99.7 Å². The molecule has 0 radical (unpaired) electrons. The van der Waals surface area contributed by atoms with Crippen molar-refractivity contribution < 1.29 is 19.4 Å². The molecular formula is C30H48O4. The molecule has 4 saturated carbocycles. The van der Waals surface area contributed by atoms with Crippen LogP contribution in [-0.4, -0.2) is 34.0 Å². The lowest BCUT2D eigenvalue weighted by Crippen LogP contribution is -2.68. The van der Waals surface area contributed by atoms with Crippen LogP contribution >= 0.6 is 0 Å². The van der Waals surface area contributed by atoms with Crippen molar-refractivity contribution in [1.29, 1.82) is 0 Å². The lowest BCUT2D eigenvalue weighted by atomic mass is 9.35. The van der Waals surface area contributed by atoms with Crippen LogP contribution in [0, 0.1) is 45.3 Å². The maximum atomic E-state index is 14.0. The largest absolute Gasteiger partial charge is 0.393 e. The number of fused-ring (bicyclic) bond motifs is 5. The van der Waals surface area contributed by atoms with Gasteiger partial charge in [0.15, 0.2) is 0 Å². The summed E-state index contributed by atoms with van der Waals surface area (Å²) in [6.45, 7) is 17.7. The number of carbonyl (C=O) groups excluding carboxylic acids is 2. The number of hydrogen-bond acceptors (Lipinski definition) is 4. The molecule has 5 rings (SSSR count). The smallest absolute Gasteiger partial charge is 0.139 e. The Labute approximate surface area is 207 Å². The first-order valence-electron chi connectivity index (χ1n) is 14.0. The summed E-state index contributed by atoms with van der Waals surface area (Å²) in [5, 5.41) is 11.9. The number of aliphatic hydroxyl groups excluding tert-OH is 1. The molecule has 4 heteroatoms. The number of ether oxygens (including phenoxy) is 1. The molecule has 0 unspecified atom stereocenters. The molecule has 0 amide bonds. The minimum atomic E-state index is -0.610. The van der Waals surface area contributed by atoms with E-state index in [1.54, 1.807) is 0 Å². The lowest BCUT2D eigenvalue weighted by Gasteiger charge is -2.69. The second-order valence-electron chi connectivity index (χ2n) is 15.1. The van der Waals surface area contributed by atoms with Crippen LogP contribution in [0.15, 0.2) is 0 Å². The first-order chi connectivity index (χ1) is 15.5. The molecule has 5 aliphatic rings. The number of Topliss-reactive ketones (excluding diaryl/α,β-unsaturated/α-hetero) is 2. The second kappa shape index (κ2) is 7.18. The van der Waals surface area contributed by atoms with Crippen molar-refractivity contribution in [2.45, 2.75) is 130 Å². The minimum Gasteiger partial charge on any atom is -0.393 e. The molecule has 4 nitrogen and oxygen atoms in total. The first-order valence-corrected chi connectivity index (χ1v) is 14.0. The third-order valence-corrected chi connectivity index (χ3v) is 12.5. The zero-order chi connectivity index (χ0) is 25.1. The Morgan fingerprint density at radius 2 is 1.56 bits per heavy atom. The molecule has 34 heavy (non-hydrogen) atoms. The standard InChI is InChI=1S/C30H48O4/c1-25(2)12-9-13-30(8,34-25)18-10-15-28(6)23(18)19(31)16-21-27(5)14-11-22(33)26(3,4)24(27)20(32)17-29(21,28)7/h18-19,21,23-24,31H,9-17H2,1-8H3/t18-,19+,21+,23-,24-,27+,28+,29+,30+/m0/s1. The molecular weight excluding hydrogens is 424 g/mol. The highest BCUT2D eigenvalue weighted by Crippen LogP contribution is 2.75. The predicted octanol–water partition coefficient (Wildman–Crippen LogP) is 6.13. The summed E-state index contributed by atoms with van der Waals surface area (Å²) in [6.07, 6.45) is 7.65. The van der Waals surface area contributed by atoms with Crippen molar-refractivity contribution in [2.24, 2.45) is 45.3 Å². The molecule has 1 N–H and O–H groups in total. The summed E-state index contributed by atoms with van der Waals surface area (Å²) in [6, 6.07) is 0. The van der Waals surface area contributed by atoms with E-state index in [-0.39, 0.29) is 57.1 Å². The Balaban J connectivity index is 1.55. The molecule has 0 aromatic rings. The summed E-state index contributed by atoms with van der Waals surface area (Å²) in [5.74, 6) is 1.01.